The number of piperidine rings is 1. The molecule has 0 spiro atoms. The standard InChI is InChI=1S/C16H24N4O3S.ClH/c1-18-13-3-2-7-19(10-13)11-16(21)20-8-6-12-9-14(24(17,22)23)4-5-15(12)20;/h4-5,9,13,18H,2-3,6-8,10-11H2,1H3,(H2,17,22,23);1H. The molecule has 1 atom stereocenters. The third-order valence-corrected chi connectivity index (χ3v) is 5.76. The van der Waals surface area contributed by atoms with Gasteiger partial charge in [0.25, 0.3) is 0 Å². The van der Waals surface area contributed by atoms with Gasteiger partial charge in [0, 0.05) is 24.8 Å². The average molecular weight is 389 g/mol. The van der Waals surface area contributed by atoms with Crippen LogP contribution in [-0.2, 0) is 21.2 Å². The Hall–Kier alpha value is -1.19. The Morgan fingerprint density at radius 2 is 2.12 bits per heavy atom. The van der Waals surface area contributed by atoms with Crippen LogP contribution in [0.25, 0.3) is 0 Å². The molecule has 0 aromatic heterocycles. The first-order valence-corrected chi connectivity index (χ1v) is 9.79. The fourth-order valence-corrected chi connectivity index (χ4v) is 4.09. The van der Waals surface area contributed by atoms with Crippen molar-refractivity contribution in [1.82, 2.24) is 10.2 Å². The Morgan fingerprint density at radius 3 is 2.80 bits per heavy atom. The smallest absolute Gasteiger partial charge is 0.241 e. The number of nitrogens with one attached hydrogen (secondary N) is 1. The third kappa shape index (κ3) is 4.51. The lowest BCUT2D eigenvalue weighted by molar-refractivity contribution is -0.119. The van der Waals surface area contributed by atoms with E-state index >= 15 is 0 Å². The normalized spacial score (nSPS) is 20.9. The predicted molar refractivity (Wildman–Crippen MR) is 99.6 cm³/mol. The lowest BCUT2D eigenvalue weighted by Crippen LogP contribution is -2.48. The number of amides is 1. The number of primary sulfonamides is 1. The fraction of sp³-hybridized carbons (Fsp3) is 0.562. The van der Waals surface area contributed by atoms with E-state index in [-0.39, 0.29) is 23.2 Å². The van der Waals surface area contributed by atoms with E-state index in [1.807, 2.05) is 7.05 Å². The first kappa shape index (κ1) is 20.1. The molecule has 0 aliphatic carbocycles. The van der Waals surface area contributed by atoms with Crippen LogP contribution < -0.4 is 15.4 Å². The largest absolute Gasteiger partial charge is 0.316 e. The van der Waals surface area contributed by atoms with Crippen LogP contribution in [-0.4, -0.2) is 58.5 Å². The summed E-state index contributed by atoms with van der Waals surface area (Å²) in [7, 11) is -1.76. The van der Waals surface area contributed by atoms with Gasteiger partial charge < -0.3 is 10.2 Å². The number of nitrogens with two attached hydrogens (primary N) is 1. The summed E-state index contributed by atoms with van der Waals surface area (Å²) in [6.45, 7) is 2.81. The van der Waals surface area contributed by atoms with Gasteiger partial charge in [0.2, 0.25) is 15.9 Å². The number of carbonyl (C=O) groups excluding carboxylic acids is 1. The number of likely N-dealkylation sites (N-methyl/N-ethyl adjacent to an activating group) is 1. The minimum atomic E-state index is -3.71. The molecule has 25 heavy (non-hydrogen) atoms. The summed E-state index contributed by atoms with van der Waals surface area (Å²) in [5, 5.41) is 8.45. The summed E-state index contributed by atoms with van der Waals surface area (Å²) in [5.41, 5.74) is 1.66. The Labute approximate surface area is 155 Å². The Balaban J connectivity index is 0.00000225. The van der Waals surface area contributed by atoms with Crippen molar-refractivity contribution < 1.29 is 13.2 Å². The van der Waals surface area contributed by atoms with Crippen molar-refractivity contribution in [2.45, 2.75) is 30.2 Å². The van der Waals surface area contributed by atoms with Crippen molar-refractivity contribution in [3.8, 4) is 0 Å². The number of hydrogen-bond acceptors (Lipinski definition) is 5. The van der Waals surface area contributed by atoms with E-state index in [0.717, 1.165) is 37.2 Å². The third-order valence-electron chi connectivity index (χ3n) is 4.85. The van der Waals surface area contributed by atoms with Crippen LogP contribution in [0.3, 0.4) is 0 Å². The Bertz CT molecular complexity index is 741. The number of likely N-dealkylation sites (tertiary alicyclic amines) is 1. The van der Waals surface area contributed by atoms with Gasteiger partial charge in [-0.25, -0.2) is 13.6 Å². The highest BCUT2D eigenvalue weighted by Gasteiger charge is 2.28. The van der Waals surface area contributed by atoms with Crippen molar-refractivity contribution in [1.29, 1.82) is 0 Å². The Morgan fingerprint density at radius 1 is 1.36 bits per heavy atom. The molecular weight excluding hydrogens is 364 g/mol. The predicted octanol–water partition coefficient (Wildman–Crippen LogP) is 0.329. The molecular formula is C16H25ClN4O3S. The molecule has 0 saturated carbocycles. The van der Waals surface area contributed by atoms with Gasteiger partial charge in [-0.2, -0.15) is 0 Å². The van der Waals surface area contributed by atoms with E-state index in [1.54, 1.807) is 17.0 Å². The second-order valence-electron chi connectivity index (χ2n) is 6.49. The van der Waals surface area contributed by atoms with Crippen LogP contribution in [0, 0.1) is 0 Å². The SMILES string of the molecule is CNC1CCCN(CC(=O)N2CCc3cc(S(N)(=O)=O)ccc32)C1.Cl. The van der Waals surface area contributed by atoms with Gasteiger partial charge in [-0.15, -0.1) is 12.4 Å². The van der Waals surface area contributed by atoms with Crippen molar-refractivity contribution >= 4 is 34.0 Å². The highest BCUT2D eigenvalue weighted by atomic mass is 35.5. The van der Waals surface area contributed by atoms with Gasteiger partial charge >= 0.3 is 0 Å². The second-order valence-corrected chi connectivity index (χ2v) is 8.06. The fourth-order valence-electron chi connectivity index (χ4n) is 3.53. The lowest BCUT2D eigenvalue weighted by Gasteiger charge is -2.33. The van der Waals surface area contributed by atoms with Gasteiger partial charge in [-0.1, -0.05) is 0 Å². The lowest BCUT2D eigenvalue weighted by atomic mass is 10.1. The van der Waals surface area contributed by atoms with Crippen molar-refractivity contribution in [2.24, 2.45) is 5.14 Å². The number of rotatable bonds is 4. The number of nitrogens with zero attached hydrogens (tertiary/aromatic N) is 2. The van der Waals surface area contributed by atoms with Crippen LogP contribution >= 0.6 is 12.4 Å². The number of fused-ring (bicyclic) bond motifs is 1. The maximum absolute atomic E-state index is 12.7. The van der Waals surface area contributed by atoms with Gasteiger partial charge in [0.15, 0.2) is 0 Å². The monoisotopic (exact) mass is 388 g/mol. The molecule has 0 radical (unpaired) electrons. The summed E-state index contributed by atoms with van der Waals surface area (Å²) in [4.78, 5) is 16.7. The molecule has 1 saturated heterocycles. The number of carbonyl (C=O) groups is 1. The molecule has 3 N–H and O–H groups in total. The molecule has 1 amide bonds. The topological polar surface area (TPSA) is 95.7 Å². The molecule has 0 bridgehead atoms. The number of halogens is 1. The summed E-state index contributed by atoms with van der Waals surface area (Å²) in [6, 6.07) is 5.18. The molecule has 1 aromatic rings. The van der Waals surface area contributed by atoms with Crippen molar-refractivity contribution in [3.05, 3.63) is 23.8 Å². The zero-order valence-electron chi connectivity index (χ0n) is 14.3. The van der Waals surface area contributed by atoms with Crippen LogP contribution in [0.4, 0.5) is 5.69 Å². The molecule has 1 fully saturated rings. The summed E-state index contributed by atoms with van der Waals surface area (Å²) in [5.74, 6) is 0.0638. The van der Waals surface area contributed by atoms with Gasteiger partial charge in [-0.05, 0) is 56.6 Å². The molecule has 9 heteroatoms. The van der Waals surface area contributed by atoms with Crippen LogP contribution in [0.15, 0.2) is 23.1 Å². The second kappa shape index (κ2) is 8.01. The number of benzene rings is 1. The minimum Gasteiger partial charge on any atom is -0.316 e. The zero-order chi connectivity index (χ0) is 17.3. The van der Waals surface area contributed by atoms with Crippen LogP contribution in [0.1, 0.15) is 18.4 Å². The first-order chi connectivity index (χ1) is 11.4. The maximum Gasteiger partial charge on any atom is 0.241 e. The highest BCUT2D eigenvalue weighted by molar-refractivity contribution is 7.89. The maximum atomic E-state index is 12.7. The summed E-state index contributed by atoms with van der Waals surface area (Å²) >= 11 is 0. The molecule has 1 aromatic carbocycles. The summed E-state index contributed by atoms with van der Waals surface area (Å²) < 4.78 is 22.9. The minimum absolute atomic E-state index is 0. The van der Waals surface area contributed by atoms with E-state index in [1.165, 1.54) is 6.07 Å². The van der Waals surface area contributed by atoms with Crippen LogP contribution in [0.5, 0.6) is 0 Å². The molecule has 2 aliphatic heterocycles. The number of hydrogen-bond donors (Lipinski definition) is 2. The van der Waals surface area contributed by atoms with E-state index in [2.05, 4.69) is 10.2 Å². The van der Waals surface area contributed by atoms with Crippen molar-refractivity contribution in [3.63, 3.8) is 0 Å². The molecule has 2 heterocycles. The molecule has 140 valence electrons. The first-order valence-electron chi connectivity index (χ1n) is 8.24. The quantitative estimate of drug-likeness (QED) is 0.774. The zero-order valence-corrected chi connectivity index (χ0v) is 15.9. The average Bonchev–Trinajstić information content (AvgIpc) is 2.97. The van der Waals surface area contributed by atoms with Gasteiger partial charge in [-0.3, -0.25) is 9.69 Å². The van der Waals surface area contributed by atoms with Crippen LogP contribution in [0.2, 0.25) is 0 Å². The molecule has 1 unspecified atom stereocenters. The van der Waals surface area contributed by atoms with E-state index in [0.29, 0.717) is 25.6 Å². The van der Waals surface area contributed by atoms with Gasteiger partial charge in [0.1, 0.15) is 0 Å². The van der Waals surface area contributed by atoms with Gasteiger partial charge in [0.05, 0.1) is 11.4 Å². The Kier molecular flexibility index (Phi) is 6.45. The number of sulfonamides is 1. The summed E-state index contributed by atoms with van der Waals surface area (Å²) in [6.07, 6.45) is 2.89. The molecule has 3 rings (SSSR count). The van der Waals surface area contributed by atoms with Crippen molar-refractivity contribution in [2.75, 3.05) is 38.1 Å². The molecule has 2 aliphatic rings. The molecule has 7 nitrogen and oxygen atoms in total. The number of anilines is 1. The van der Waals surface area contributed by atoms with E-state index in [4.69, 9.17) is 5.14 Å². The van der Waals surface area contributed by atoms with E-state index in [9.17, 15) is 13.2 Å². The highest BCUT2D eigenvalue weighted by Crippen LogP contribution is 2.30. The van der Waals surface area contributed by atoms with E-state index < -0.39 is 10.0 Å².